The summed E-state index contributed by atoms with van der Waals surface area (Å²) in [6.07, 6.45) is 1.97. The zero-order valence-corrected chi connectivity index (χ0v) is 17.4. The summed E-state index contributed by atoms with van der Waals surface area (Å²) in [7, 11) is 0. The maximum atomic E-state index is 12.6. The van der Waals surface area contributed by atoms with Crippen molar-refractivity contribution in [1.29, 1.82) is 0 Å². The highest BCUT2D eigenvalue weighted by Crippen LogP contribution is 2.30. The van der Waals surface area contributed by atoms with Gasteiger partial charge in [0.05, 0.1) is 10.7 Å². The van der Waals surface area contributed by atoms with Crippen molar-refractivity contribution in [1.82, 2.24) is 9.88 Å². The van der Waals surface area contributed by atoms with Crippen molar-refractivity contribution in [2.45, 2.75) is 6.54 Å². The second kappa shape index (κ2) is 9.62. The normalized spacial score (nSPS) is 14.9. The van der Waals surface area contributed by atoms with Crippen molar-refractivity contribution in [2.24, 2.45) is 0 Å². The summed E-state index contributed by atoms with van der Waals surface area (Å²) in [5, 5.41) is 7.14. The average molecular weight is 424 g/mol. The summed E-state index contributed by atoms with van der Waals surface area (Å²) in [6, 6.07) is 19.6. The fourth-order valence-electron chi connectivity index (χ4n) is 2.87. The van der Waals surface area contributed by atoms with Crippen LogP contribution in [0.3, 0.4) is 0 Å². The van der Waals surface area contributed by atoms with Gasteiger partial charge in [0.2, 0.25) is 0 Å². The molecule has 1 fully saturated rings. The molecular weight excluding hydrogens is 402 g/mol. The number of hydrogen-bond acceptors (Lipinski definition) is 6. The minimum absolute atomic E-state index is 0.0306. The third-order valence-corrected chi connectivity index (χ3v) is 6.16. The van der Waals surface area contributed by atoms with Crippen LogP contribution < -0.4 is 10.1 Å². The molecule has 0 spiro atoms. The van der Waals surface area contributed by atoms with Gasteiger partial charge in [-0.25, -0.2) is 4.98 Å². The van der Waals surface area contributed by atoms with E-state index in [4.69, 9.17) is 4.74 Å². The Kier molecular flexibility index (Phi) is 6.49. The van der Waals surface area contributed by atoms with Gasteiger partial charge in [-0.2, -0.15) is 0 Å². The molecule has 1 N–H and O–H groups in total. The van der Waals surface area contributed by atoms with Crippen molar-refractivity contribution in [3.63, 3.8) is 0 Å². The molecule has 3 aromatic rings. The Morgan fingerprint density at radius 2 is 1.90 bits per heavy atom. The van der Waals surface area contributed by atoms with Gasteiger partial charge in [-0.15, -0.1) is 23.1 Å². The number of rotatable bonds is 7. The van der Waals surface area contributed by atoms with Crippen LogP contribution in [0.25, 0.3) is 6.08 Å². The monoisotopic (exact) mass is 423 g/mol. The van der Waals surface area contributed by atoms with E-state index >= 15 is 0 Å². The number of aromatic nitrogens is 1. The van der Waals surface area contributed by atoms with Crippen LogP contribution in [-0.4, -0.2) is 34.7 Å². The number of anilines is 1. The SMILES string of the molecule is O=C(COc1ccccc1)N1CCS/C1=C/c1csc(NCc2ccccc2)n1. The number of nitrogens with zero attached hydrogens (tertiary/aromatic N) is 2. The highest BCUT2D eigenvalue weighted by Gasteiger charge is 2.24. The first-order valence-electron chi connectivity index (χ1n) is 9.34. The van der Waals surface area contributed by atoms with Gasteiger partial charge in [0.1, 0.15) is 5.75 Å². The van der Waals surface area contributed by atoms with Gasteiger partial charge in [-0.3, -0.25) is 4.79 Å². The number of carbonyl (C=O) groups is 1. The second-order valence-electron chi connectivity index (χ2n) is 6.39. The van der Waals surface area contributed by atoms with E-state index in [1.165, 1.54) is 5.56 Å². The van der Waals surface area contributed by atoms with Crippen LogP contribution in [-0.2, 0) is 11.3 Å². The lowest BCUT2D eigenvalue weighted by atomic mass is 10.2. The number of para-hydroxylation sites is 1. The maximum Gasteiger partial charge on any atom is 0.265 e. The molecule has 1 aliphatic rings. The van der Waals surface area contributed by atoms with Crippen molar-refractivity contribution in [3.8, 4) is 5.75 Å². The highest BCUT2D eigenvalue weighted by molar-refractivity contribution is 8.03. The fraction of sp³-hybridized carbons (Fsp3) is 0.182. The first-order valence-corrected chi connectivity index (χ1v) is 11.2. The number of ether oxygens (including phenoxy) is 1. The van der Waals surface area contributed by atoms with Crippen LogP contribution in [0.4, 0.5) is 5.13 Å². The Bertz CT molecular complexity index is 974. The van der Waals surface area contributed by atoms with Crippen molar-refractivity contribution in [3.05, 3.63) is 82.3 Å². The Hall–Kier alpha value is -2.77. The number of hydrogen-bond donors (Lipinski definition) is 1. The molecule has 0 atom stereocenters. The zero-order valence-electron chi connectivity index (χ0n) is 15.8. The number of carbonyl (C=O) groups excluding carboxylic acids is 1. The summed E-state index contributed by atoms with van der Waals surface area (Å²) in [5.74, 6) is 1.54. The van der Waals surface area contributed by atoms with Gasteiger partial charge in [0, 0.05) is 24.2 Å². The number of thioether (sulfide) groups is 1. The third-order valence-electron chi connectivity index (χ3n) is 4.32. The van der Waals surface area contributed by atoms with E-state index in [2.05, 4.69) is 22.4 Å². The van der Waals surface area contributed by atoms with Crippen LogP contribution in [0.5, 0.6) is 5.75 Å². The third kappa shape index (κ3) is 5.40. The van der Waals surface area contributed by atoms with E-state index in [1.807, 2.05) is 60.0 Å². The molecule has 1 aliphatic heterocycles. The van der Waals surface area contributed by atoms with Gasteiger partial charge in [0.15, 0.2) is 11.7 Å². The highest BCUT2D eigenvalue weighted by atomic mass is 32.2. The summed E-state index contributed by atoms with van der Waals surface area (Å²) in [5.41, 5.74) is 2.07. The van der Waals surface area contributed by atoms with Gasteiger partial charge in [-0.05, 0) is 23.8 Å². The van der Waals surface area contributed by atoms with Gasteiger partial charge < -0.3 is 15.0 Å². The van der Waals surface area contributed by atoms with Crippen molar-refractivity contribution >= 4 is 40.2 Å². The Labute approximate surface area is 178 Å². The number of nitrogens with one attached hydrogen (secondary N) is 1. The summed E-state index contributed by atoms with van der Waals surface area (Å²) in [4.78, 5) is 19.0. The predicted octanol–water partition coefficient (Wildman–Crippen LogP) is 4.71. The molecule has 0 saturated carbocycles. The second-order valence-corrected chi connectivity index (χ2v) is 8.37. The van der Waals surface area contributed by atoms with Crippen LogP contribution in [0.1, 0.15) is 11.3 Å². The lowest BCUT2D eigenvalue weighted by Gasteiger charge is -2.17. The molecule has 0 bridgehead atoms. The van der Waals surface area contributed by atoms with E-state index in [0.29, 0.717) is 12.3 Å². The number of benzene rings is 2. The van der Waals surface area contributed by atoms with Gasteiger partial charge >= 0.3 is 0 Å². The molecule has 4 rings (SSSR count). The Morgan fingerprint density at radius 1 is 1.14 bits per heavy atom. The molecule has 148 valence electrons. The summed E-state index contributed by atoms with van der Waals surface area (Å²) < 4.78 is 5.61. The van der Waals surface area contributed by atoms with E-state index in [1.54, 1.807) is 28.0 Å². The summed E-state index contributed by atoms with van der Waals surface area (Å²) in [6.45, 7) is 1.46. The van der Waals surface area contributed by atoms with Crippen LogP contribution >= 0.6 is 23.1 Å². The van der Waals surface area contributed by atoms with Crippen molar-refractivity contribution in [2.75, 3.05) is 24.2 Å². The number of thiazole rings is 1. The number of amides is 1. The molecule has 2 aromatic carbocycles. The van der Waals surface area contributed by atoms with Gasteiger partial charge in [-0.1, -0.05) is 48.5 Å². The largest absolute Gasteiger partial charge is 0.484 e. The van der Waals surface area contributed by atoms with Crippen LogP contribution in [0.15, 0.2) is 71.1 Å². The van der Waals surface area contributed by atoms with Gasteiger partial charge in [0.25, 0.3) is 5.91 Å². The predicted molar refractivity (Wildman–Crippen MR) is 120 cm³/mol. The van der Waals surface area contributed by atoms with E-state index < -0.39 is 0 Å². The smallest absolute Gasteiger partial charge is 0.265 e. The Balaban J connectivity index is 1.35. The van der Waals surface area contributed by atoms with E-state index in [-0.39, 0.29) is 12.5 Å². The molecule has 0 aliphatic carbocycles. The molecule has 1 aromatic heterocycles. The topological polar surface area (TPSA) is 54.5 Å². The first kappa shape index (κ1) is 19.5. The van der Waals surface area contributed by atoms with Crippen LogP contribution in [0, 0.1) is 0 Å². The molecule has 29 heavy (non-hydrogen) atoms. The molecular formula is C22H21N3O2S2. The quantitative estimate of drug-likeness (QED) is 0.597. The maximum absolute atomic E-state index is 12.6. The molecule has 0 radical (unpaired) electrons. The molecule has 2 heterocycles. The molecule has 1 saturated heterocycles. The standard InChI is InChI=1S/C22H21N3O2S2/c26-20(15-27-19-9-5-2-6-10-19)25-11-12-28-21(25)13-18-16-29-22(24-18)23-14-17-7-3-1-4-8-17/h1-10,13,16H,11-12,14-15H2,(H,23,24)/b21-13+. The molecule has 5 nitrogen and oxygen atoms in total. The lowest BCUT2D eigenvalue weighted by molar-refractivity contribution is -0.130. The minimum Gasteiger partial charge on any atom is -0.484 e. The first-order chi connectivity index (χ1) is 14.3. The van der Waals surface area contributed by atoms with E-state index in [0.717, 1.165) is 28.2 Å². The average Bonchev–Trinajstić information content (AvgIpc) is 3.42. The fourth-order valence-corrected chi connectivity index (χ4v) is 4.57. The molecule has 1 amide bonds. The molecule has 0 unspecified atom stereocenters. The minimum atomic E-state index is -0.0391. The Morgan fingerprint density at radius 3 is 2.69 bits per heavy atom. The van der Waals surface area contributed by atoms with Crippen LogP contribution in [0.2, 0.25) is 0 Å². The summed E-state index contributed by atoms with van der Waals surface area (Å²) >= 11 is 3.23. The molecule has 7 heteroatoms. The zero-order chi connectivity index (χ0) is 19.9. The van der Waals surface area contributed by atoms with E-state index in [9.17, 15) is 4.79 Å². The van der Waals surface area contributed by atoms with Crippen molar-refractivity contribution < 1.29 is 9.53 Å². The lowest BCUT2D eigenvalue weighted by Crippen LogP contribution is -2.31.